The largest absolute Gasteiger partial charge is 0.424 e. The van der Waals surface area contributed by atoms with Crippen molar-refractivity contribution in [2.45, 2.75) is 33.1 Å². The molecule has 2 aromatic rings. The lowest BCUT2D eigenvalue weighted by Gasteiger charge is -2.19. The third-order valence-corrected chi connectivity index (χ3v) is 3.02. The third-order valence-electron chi connectivity index (χ3n) is 2.85. The average Bonchev–Trinajstić information content (AvgIpc) is 2.38. The van der Waals surface area contributed by atoms with Crippen LogP contribution in [0.3, 0.4) is 0 Å². The Balaban J connectivity index is 2.18. The van der Waals surface area contributed by atoms with Crippen LogP contribution in [0.2, 0.25) is 5.28 Å². The summed E-state index contributed by atoms with van der Waals surface area (Å²) >= 11 is 5.85. The summed E-state index contributed by atoms with van der Waals surface area (Å²) in [7, 11) is 0. The molecule has 0 unspecified atom stereocenters. The standard InChI is InChI=1S/C15H19ClN4O/c1-5-17-13-18-12(16)19-14(20-13)21-11-8-6-10(7-9-11)15(2,3)4/h6-9H,5H2,1-4H3,(H,17,18,19,20). The first-order chi connectivity index (χ1) is 9.88. The van der Waals surface area contributed by atoms with Gasteiger partial charge in [0.2, 0.25) is 11.2 Å². The van der Waals surface area contributed by atoms with E-state index in [-0.39, 0.29) is 16.7 Å². The van der Waals surface area contributed by atoms with Gasteiger partial charge < -0.3 is 10.1 Å². The number of aromatic nitrogens is 3. The number of anilines is 1. The van der Waals surface area contributed by atoms with Gasteiger partial charge in [0, 0.05) is 6.54 Å². The van der Waals surface area contributed by atoms with Gasteiger partial charge >= 0.3 is 6.01 Å². The summed E-state index contributed by atoms with van der Waals surface area (Å²) in [5.74, 6) is 1.06. The molecule has 0 saturated heterocycles. The van der Waals surface area contributed by atoms with E-state index in [9.17, 15) is 0 Å². The summed E-state index contributed by atoms with van der Waals surface area (Å²) in [5, 5.41) is 3.08. The van der Waals surface area contributed by atoms with Crippen LogP contribution in [0.4, 0.5) is 5.95 Å². The van der Waals surface area contributed by atoms with E-state index < -0.39 is 0 Å². The number of nitrogens with zero attached hydrogens (tertiary/aromatic N) is 3. The molecule has 112 valence electrons. The van der Waals surface area contributed by atoms with Crippen molar-refractivity contribution < 1.29 is 4.74 Å². The van der Waals surface area contributed by atoms with Crippen molar-refractivity contribution in [1.82, 2.24) is 15.0 Å². The molecule has 0 bridgehead atoms. The molecule has 0 aliphatic rings. The van der Waals surface area contributed by atoms with Crippen LogP contribution in [0.25, 0.3) is 0 Å². The van der Waals surface area contributed by atoms with Gasteiger partial charge in [-0.2, -0.15) is 15.0 Å². The van der Waals surface area contributed by atoms with E-state index in [1.807, 2.05) is 31.2 Å². The van der Waals surface area contributed by atoms with E-state index >= 15 is 0 Å². The smallest absolute Gasteiger partial charge is 0.328 e. The van der Waals surface area contributed by atoms with Gasteiger partial charge in [-0.15, -0.1) is 0 Å². The lowest BCUT2D eigenvalue weighted by atomic mass is 9.87. The molecule has 1 aromatic carbocycles. The monoisotopic (exact) mass is 306 g/mol. The van der Waals surface area contributed by atoms with Crippen LogP contribution in [0, 0.1) is 0 Å². The molecule has 5 nitrogen and oxygen atoms in total. The summed E-state index contributed by atoms with van der Waals surface area (Å²) in [6.07, 6.45) is 0. The van der Waals surface area contributed by atoms with Crippen LogP contribution in [0.5, 0.6) is 11.8 Å². The van der Waals surface area contributed by atoms with Crippen molar-refractivity contribution in [2.24, 2.45) is 0 Å². The molecule has 0 fully saturated rings. The molecular weight excluding hydrogens is 288 g/mol. The van der Waals surface area contributed by atoms with Crippen LogP contribution >= 0.6 is 11.6 Å². The van der Waals surface area contributed by atoms with Crippen LogP contribution in [0.1, 0.15) is 33.3 Å². The minimum Gasteiger partial charge on any atom is -0.424 e. The zero-order chi connectivity index (χ0) is 15.5. The summed E-state index contributed by atoms with van der Waals surface area (Å²) < 4.78 is 5.63. The van der Waals surface area contributed by atoms with Gasteiger partial charge in [0.15, 0.2) is 0 Å². The number of halogens is 1. The van der Waals surface area contributed by atoms with Gasteiger partial charge in [0.05, 0.1) is 0 Å². The molecule has 0 amide bonds. The second kappa shape index (κ2) is 6.26. The lowest BCUT2D eigenvalue weighted by molar-refractivity contribution is 0.439. The SMILES string of the molecule is CCNc1nc(Cl)nc(Oc2ccc(C(C)(C)C)cc2)n1. The number of ether oxygens (including phenoxy) is 1. The molecule has 0 aliphatic heterocycles. The fraction of sp³-hybridized carbons (Fsp3) is 0.400. The fourth-order valence-electron chi connectivity index (χ4n) is 1.74. The zero-order valence-electron chi connectivity index (χ0n) is 12.6. The highest BCUT2D eigenvalue weighted by atomic mass is 35.5. The average molecular weight is 307 g/mol. The molecule has 21 heavy (non-hydrogen) atoms. The van der Waals surface area contributed by atoms with Gasteiger partial charge in [0.25, 0.3) is 0 Å². The molecule has 0 saturated carbocycles. The second-order valence-corrected chi connectivity index (χ2v) is 5.96. The number of hydrogen-bond donors (Lipinski definition) is 1. The highest BCUT2D eigenvalue weighted by Gasteiger charge is 2.13. The van der Waals surface area contributed by atoms with Crippen molar-refractivity contribution in [3.63, 3.8) is 0 Å². The first-order valence-electron chi connectivity index (χ1n) is 6.82. The molecule has 1 aromatic heterocycles. The van der Waals surface area contributed by atoms with Gasteiger partial charge in [0.1, 0.15) is 5.75 Å². The molecule has 1 heterocycles. The second-order valence-electron chi connectivity index (χ2n) is 5.62. The van der Waals surface area contributed by atoms with Crippen molar-refractivity contribution >= 4 is 17.5 Å². The Hall–Kier alpha value is -1.88. The van der Waals surface area contributed by atoms with E-state index in [1.165, 1.54) is 5.56 Å². The fourth-order valence-corrected chi connectivity index (χ4v) is 1.90. The highest BCUT2D eigenvalue weighted by Crippen LogP contribution is 2.26. The number of rotatable bonds is 4. The molecule has 6 heteroatoms. The topological polar surface area (TPSA) is 59.9 Å². The molecule has 0 aliphatic carbocycles. The maximum Gasteiger partial charge on any atom is 0.328 e. The van der Waals surface area contributed by atoms with Gasteiger partial charge in [-0.25, -0.2) is 0 Å². The Bertz CT molecular complexity index is 608. The molecule has 1 N–H and O–H groups in total. The van der Waals surface area contributed by atoms with Crippen molar-refractivity contribution in [1.29, 1.82) is 0 Å². The zero-order valence-corrected chi connectivity index (χ0v) is 13.4. The predicted octanol–water partition coefficient (Wildman–Crippen LogP) is 4.05. The quantitative estimate of drug-likeness (QED) is 0.923. The summed E-state index contributed by atoms with van der Waals surface area (Å²) in [6, 6.07) is 8.03. The minimum absolute atomic E-state index is 0.0993. The van der Waals surface area contributed by atoms with Crippen LogP contribution in [-0.4, -0.2) is 21.5 Å². The van der Waals surface area contributed by atoms with Crippen molar-refractivity contribution in [2.75, 3.05) is 11.9 Å². The van der Waals surface area contributed by atoms with Crippen LogP contribution < -0.4 is 10.1 Å². The molecule has 2 rings (SSSR count). The summed E-state index contributed by atoms with van der Waals surface area (Å²) in [6.45, 7) is 9.13. The summed E-state index contributed by atoms with van der Waals surface area (Å²) in [4.78, 5) is 12.1. The number of nitrogens with one attached hydrogen (secondary N) is 1. The van der Waals surface area contributed by atoms with Gasteiger partial charge in [-0.05, 0) is 41.6 Å². The Morgan fingerprint density at radius 2 is 1.76 bits per heavy atom. The normalized spacial score (nSPS) is 11.3. The van der Waals surface area contributed by atoms with E-state index in [2.05, 4.69) is 41.0 Å². The van der Waals surface area contributed by atoms with Crippen LogP contribution in [0.15, 0.2) is 24.3 Å². The van der Waals surface area contributed by atoms with Gasteiger partial charge in [-0.1, -0.05) is 32.9 Å². The maximum absolute atomic E-state index is 5.85. The molecular formula is C15H19ClN4O. The Labute approximate surface area is 129 Å². The highest BCUT2D eigenvalue weighted by molar-refractivity contribution is 6.28. The number of hydrogen-bond acceptors (Lipinski definition) is 5. The number of benzene rings is 1. The van der Waals surface area contributed by atoms with Crippen LogP contribution in [-0.2, 0) is 5.41 Å². The lowest BCUT2D eigenvalue weighted by Crippen LogP contribution is -2.10. The predicted molar refractivity (Wildman–Crippen MR) is 84.2 cm³/mol. The molecule has 0 radical (unpaired) electrons. The molecule has 0 spiro atoms. The van der Waals surface area contributed by atoms with Gasteiger partial charge in [-0.3, -0.25) is 0 Å². The first-order valence-corrected chi connectivity index (χ1v) is 7.20. The van der Waals surface area contributed by atoms with Crippen molar-refractivity contribution in [3.05, 3.63) is 35.1 Å². The Morgan fingerprint density at radius 1 is 1.10 bits per heavy atom. The van der Waals surface area contributed by atoms with E-state index in [0.29, 0.717) is 18.2 Å². The molecule has 0 atom stereocenters. The van der Waals surface area contributed by atoms with E-state index in [1.54, 1.807) is 0 Å². The maximum atomic E-state index is 5.85. The Morgan fingerprint density at radius 3 is 2.33 bits per heavy atom. The summed E-state index contributed by atoms with van der Waals surface area (Å²) in [5.41, 5.74) is 1.34. The van der Waals surface area contributed by atoms with E-state index in [0.717, 1.165) is 0 Å². The first kappa shape index (κ1) is 15.5. The Kier molecular flexibility index (Phi) is 4.63. The third kappa shape index (κ3) is 4.29. The van der Waals surface area contributed by atoms with E-state index in [4.69, 9.17) is 16.3 Å². The minimum atomic E-state index is 0.0993. The van der Waals surface area contributed by atoms with Crippen molar-refractivity contribution in [3.8, 4) is 11.8 Å².